The van der Waals surface area contributed by atoms with E-state index in [4.69, 9.17) is 14.6 Å². The Kier molecular flexibility index (Phi) is 6.96. The van der Waals surface area contributed by atoms with Crippen molar-refractivity contribution in [2.75, 3.05) is 46.6 Å². The quantitative estimate of drug-likeness (QED) is 0.516. The molecule has 1 rings (SSSR count). The Hall–Kier alpha value is -0.160. The highest BCUT2D eigenvalue weighted by Crippen LogP contribution is 2.47. The van der Waals surface area contributed by atoms with Crippen LogP contribution < -0.4 is 5.32 Å². The normalized spacial score (nSPS) is 17.6. The Balaban J connectivity index is 1.81. The first-order valence-electron chi connectivity index (χ1n) is 6.21. The van der Waals surface area contributed by atoms with E-state index in [1.807, 2.05) is 0 Å². The number of methoxy groups -OCH3 is 1. The average molecular weight is 231 g/mol. The highest BCUT2D eigenvalue weighted by Gasteiger charge is 2.40. The van der Waals surface area contributed by atoms with E-state index in [9.17, 15) is 0 Å². The van der Waals surface area contributed by atoms with Crippen LogP contribution in [0.4, 0.5) is 0 Å². The highest BCUT2D eigenvalue weighted by atomic mass is 16.5. The lowest BCUT2D eigenvalue weighted by Crippen LogP contribution is -2.26. The molecular formula is C12H25NO3. The molecule has 1 fully saturated rings. The summed E-state index contributed by atoms with van der Waals surface area (Å²) in [4.78, 5) is 0. The summed E-state index contributed by atoms with van der Waals surface area (Å²) in [7, 11) is 1.68. The number of hydrogen-bond acceptors (Lipinski definition) is 4. The predicted molar refractivity (Wildman–Crippen MR) is 63.6 cm³/mol. The summed E-state index contributed by atoms with van der Waals surface area (Å²) in [5.74, 6) is 0. The molecule has 0 amide bonds. The van der Waals surface area contributed by atoms with Gasteiger partial charge in [0.1, 0.15) is 0 Å². The van der Waals surface area contributed by atoms with Crippen LogP contribution in [0.3, 0.4) is 0 Å². The van der Waals surface area contributed by atoms with E-state index in [1.165, 1.54) is 12.8 Å². The molecule has 0 bridgehead atoms. The number of aliphatic hydroxyl groups excluding tert-OH is 1. The molecule has 0 unspecified atom stereocenters. The van der Waals surface area contributed by atoms with Gasteiger partial charge in [-0.2, -0.15) is 0 Å². The highest BCUT2D eigenvalue weighted by molar-refractivity contribution is 4.94. The zero-order valence-corrected chi connectivity index (χ0v) is 10.3. The van der Waals surface area contributed by atoms with Crippen molar-refractivity contribution in [2.24, 2.45) is 5.41 Å². The molecule has 4 heteroatoms. The maximum atomic E-state index is 8.91. The minimum Gasteiger partial charge on any atom is -0.396 e. The average Bonchev–Trinajstić information content (AvgIpc) is 3.03. The van der Waals surface area contributed by atoms with Gasteiger partial charge in [-0.25, -0.2) is 0 Å². The summed E-state index contributed by atoms with van der Waals surface area (Å²) in [6, 6.07) is 0. The summed E-state index contributed by atoms with van der Waals surface area (Å²) >= 11 is 0. The maximum Gasteiger partial charge on any atom is 0.0700 e. The molecule has 1 aliphatic rings. The Labute approximate surface area is 98.3 Å². The van der Waals surface area contributed by atoms with E-state index in [-0.39, 0.29) is 0 Å². The number of hydrogen-bond donors (Lipinski definition) is 2. The molecule has 0 aromatic heterocycles. The molecule has 0 atom stereocenters. The number of nitrogens with one attached hydrogen (secondary N) is 1. The van der Waals surface area contributed by atoms with Crippen LogP contribution in [0.15, 0.2) is 0 Å². The monoisotopic (exact) mass is 231 g/mol. The fourth-order valence-corrected chi connectivity index (χ4v) is 1.83. The van der Waals surface area contributed by atoms with Gasteiger partial charge in [-0.1, -0.05) is 0 Å². The van der Waals surface area contributed by atoms with E-state index in [2.05, 4.69) is 5.32 Å². The van der Waals surface area contributed by atoms with Gasteiger partial charge in [0.2, 0.25) is 0 Å². The summed E-state index contributed by atoms with van der Waals surface area (Å²) in [6.45, 7) is 4.52. The standard InChI is InChI=1S/C12H25NO3/c1-15-9-10-16-8-2-6-13-11-12(3-4-12)5-7-14/h13-14H,2-11H2,1H3. The van der Waals surface area contributed by atoms with Gasteiger partial charge in [0.05, 0.1) is 13.2 Å². The Morgan fingerprint density at radius 1 is 1.25 bits per heavy atom. The van der Waals surface area contributed by atoms with E-state index in [0.29, 0.717) is 25.2 Å². The van der Waals surface area contributed by atoms with Crippen LogP contribution in [0.1, 0.15) is 25.7 Å². The molecule has 0 radical (unpaired) electrons. The molecule has 4 nitrogen and oxygen atoms in total. The van der Waals surface area contributed by atoms with Crippen molar-refractivity contribution in [3.8, 4) is 0 Å². The largest absolute Gasteiger partial charge is 0.396 e. The molecular weight excluding hydrogens is 206 g/mol. The van der Waals surface area contributed by atoms with Crippen molar-refractivity contribution < 1.29 is 14.6 Å². The third-order valence-electron chi connectivity index (χ3n) is 3.17. The number of rotatable bonds is 11. The lowest BCUT2D eigenvalue weighted by Gasteiger charge is -2.14. The van der Waals surface area contributed by atoms with Gasteiger partial charge in [0, 0.05) is 26.9 Å². The Morgan fingerprint density at radius 3 is 2.69 bits per heavy atom. The molecule has 0 heterocycles. The minimum atomic E-state index is 0.321. The van der Waals surface area contributed by atoms with Gasteiger partial charge in [0.15, 0.2) is 0 Å². The van der Waals surface area contributed by atoms with Crippen molar-refractivity contribution in [3.05, 3.63) is 0 Å². The van der Waals surface area contributed by atoms with Crippen LogP contribution >= 0.6 is 0 Å². The molecule has 0 aromatic rings. The van der Waals surface area contributed by atoms with Crippen LogP contribution in [-0.4, -0.2) is 51.7 Å². The van der Waals surface area contributed by atoms with Gasteiger partial charge in [-0.3, -0.25) is 0 Å². The van der Waals surface area contributed by atoms with E-state index >= 15 is 0 Å². The SMILES string of the molecule is COCCOCCCNCC1(CCO)CC1. The third-order valence-corrected chi connectivity index (χ3v) is 3.17. The molecule has 1 saturated carbocycles. The number of ether oxygens (including phenoxy) is 2. The lowest BCUT2D eigenvalue weighted by atomic mass is 10.0. The second kappa shape index (κ2) is 8.01. The topological polar surface area (TPSA) is 50.7 Å². The molecule has 0 spiro atoms. The van der Waals surface area contributed by atoms with Gasteiger partial charge in [0.25, 0.3) is 0 Å². The van der Waals surface area contributed by atoms with Crippen LogP contribution in [0.5, 0.6) is 0 Å². The maximum absolute atomic E-state index is 8.91. The predicted octanol–water partition coefficient (Wildman–Crippen LogP) is 0.792. The molecule has 2 N–H and O–H groups in total. The van der Waals surface area contributed by atoms with Crippen LogP contribution in [0.2, 0.25) is 0 Å². The molecule has 96 valence electrons. The summed E-state index contributed by atoms with van der Waals surface area (Å²) in [5.41, 5.74) is 0.422. The second-order valence-electron chi connectivity index (χ2n) is 4.61. The summed E-state index contributed by atoms with van der Waals surface area (Å²) in [5, 5.41) is 12.3. The molecule has 0 aliphatic heterocycles. The van der Waals surface area contributed by atoms with E-state index < -0.39 is 0 Å². The van der Waals surface area contributed by atoms with Crippen molar-refractivity contribution in [1.82, 2.24) is 5.32 Å². The first-order chi connectivity index (χ1) is 7.83. The lowest BCUT2D eigenvalue weighted by molar-refractivity contribution is 0.0693. The van der Waals surface area contributed by atoms with Crippen molar-refractivity contribution in [3.63, 3.8) is 0 Å². The van der Waals surface area contributed by atoms with Gasteiger partial charge in [-0.15, -0.1) is 0 Å². The fourth-order valence-electron chi connectivity index (χ4n) is 1.83. The Morgan fingerprint density at radius 2 is 2.06 bits per heavy atom. The first-order valence-corrected chi connectivity index (χ1v) is 6.21. The fraction of sp³-hybridized carbons (Fsp3) is 1.00. The molecule has 0 saturated heterocycles. The second-order valence-corrected chi connectivity index (χ2v) is 4.61. The zero-order chi connectivity index (χ0) is 11.7. The third kappa shape index (κ3) is 5.80. The van der Waals surface area contributed by atoms with Crippen LogP contribution in [0, 0.1) is 5.41 Å². The van der Waals surface area contributed by atoms with Gasteiger partial charge in [-0.05, 0) is 37.6 Å². The van der Waals surface area contributed by atoms with Crippen LogP contribution in [0.25, 0.3) is 0 Å². The van der Waals surface area contributed by atoms with Crippen molar-refractivity contribution in [1.29, 1.82) is 0 Å². The smallest absolute Gasteiger partial charge is 0.0700 e. The van der Waals surface area contributed by atoms with E-state index in [0.717, 1.165) is 32.5 Å². The van der Waals surface area contributed by atoms with Gasteiger partial charge < -0.3 is 19.9 Å². The number of aliphatic hydroxyl groups is 1. The summed E-state index contributed by atoms with van der Waals surface area (Å²) < 4.78 is 10.2. The molecule has 16 heavy (non-hydrogen) atoms. The van der Waals surface area contributed by atoms with E-state index in [1.54, 1.807) is 7.11 Å². The molecule has 1 aliphatic carbocycles. The minimum absolute atomic E-state index is 0.321. The van der Waals surface area contributed by atoms with Crippen molar-refractivity contribution >= 4 is 0 Å². The van der Waals surface area contributed by atoms with Gasteiger partial charge >= 0.3 is 0 Å². The first kappa shape index (κ1) is 13.9. The van der Waals surface area contributed by atoms with Crippen LogP contribution in [-0.2, 0) is 9.47 Å². The molecule has 0 aromatic carbocycles. The van der Waals surface area contributed by atoms with Crippen molar-refractivity contribution in [2.45, 2.75) is 25.7 Å². The Bertz CT molecular complexity index is 172. The summed E-state index contributed by atoms with van der Waals surface area (Å²) in [6.07, 6.45) is 4.53. The zero-order valence-electron chi connectivity index (χ0n) is 10.3.